The lowest BCUT2D eigenvalue weighted by molar-refractivity contribution is 0.338. The lowest BCUT2D eigenvalue weighted by Gasteiger charge is -2.08. The number of ether oxygens (including phenoxy) is 1. The van der Waals surface area contributed by atoms with Gasteiger partial charge in [0.15, 0.2) is 5.69 Å². The van der Waals surface area contributed by atoms with E-state index in [9.17, 15) is 9.59 Å². The largest absolute Gasteiger partial charge is 0.494 e. The van der Waals surface area contributed by atoms with Crippen LogP contribution in [0.1, 0.15) is 18.1 Å². The zero-order valence-electron chi connectivity index (χ0n) is 21.2. The van der Waals surface area contributed by atoms with E-state index < -0.39 is 5.56 Å². The molecule has 3 aromatic carbocycles. The average molecular weight is 534 g/mol. The molecule has 0 saturated heterocycles. The fourth-order valence-electron chi connectivity index (χ4n) is 4.37. The normalized spacial score (nSPS) is 11.8. The van der Waals surface area contributed by atoms with Gasteiger partial charge in [0.05, 0.1) is 16.8 Å². The molecule has 0 spiro atoms. The summed E-state index contributed by atoms with van der Waals surface area (Å²) >= 11 is 1.12. The summed E-state index contributed by atoms with van der Waals surface area (Å²) in [6.45, 7) is 4.53. The summed E-state index contributed by atoms with van der Waals surface area (Å²) in [6.07, 6.45) is 3.67. The van der Waals surface area contributed by atoms with Crippen molar-refractivity contribution in [3.8, 4) is 34.0 Å². The Morgan fingerprint density at radius 2 is 1.64 bits per heavy atom. The Labute approximate surface area is 227 Å². The summed E-state index contributed by atoms with van der Waals surface area (Å²) in [5.74, 6) is 0.816. The Hall–Kier alpha value is -4.89. The third-order valence-electron chi connectivity index (χ3n) is 6.23. The highest BCUT2D eigenvalue weighted by molar-refractivity contribution is 7.15. The molecule has 0 radical (unpaired) electrons. The first-order chi connectivity index (χ1) is 19.0. The van der Waals surface area contributed by atoms with Gasteiger partial charge in [0.25, 0.3) is 5.56 Å². The summed E-state index contributed by atoms with van der Waals surface area (Å²) in [4.78, 5) is 30.5. The zero-order chi connectivity index (χ0) is 26.9. The van der Waals surface area contributed by atoms with Crippen molar-refractivity contribution < 1.29 is 4.74 Å². The highest BCUT2D eigenvalue weighted by atomic mass is 32.1. The predicted molar refractivity (Wildman–Crippen MR) is 153 cm³/mol. The molecule has 0 unspecified atom stereocenters. The first kappa shape index (κ1) is 24.4. The van der Waals surface area contributed by atoms with E-state index in [2.05, 4.69) is 10.1 Å². The maximum atomic E-state index is 13.4. The second-order valence-corrected chi connectivity index (χ2v) is 9.88. The van der Waals surface area contributed by atoms with Crippen molar-refractivity contribution in [1.29, 1.82) is 0 Å². The average Bonchev–Trinajstić information content (AvgIpc) is 3.51. The van der Waals surface area contributed by atoms with Crippen molar-refractivity contribution in [1.82, 2.24) is 24.4 Å². The van der Waals surface area contributed by atoms with Crippen LogP contribution in [0.4, 0.5) is 0 Å². The molecule has 192 valence electrons. The summed E-state index contributed by atoms with van der Waals surface area (Å²) in [5, 5.41) is 9.24. The van der Waals surface area contributed by atoms with Gasteiger partial charge in [0.2, 0.25) is 4.96 Å². The van der Waals surface area contributed by atoms with Gasteiger partial charge < -0.3 is 4.74 Å². The number of thiazole rings is 1. The summed E-state index contributed by atoms with van der Waals surface area (Å²) in [7, 11) is 0. The van der Waals surface area contributed by atoms with E-state index in [-0.39, 0.29) is 16.2 Å². The highest BCUT2D eigenvalue weighted by Crippen LogP contribution is 2.29. The van der Waals surface area contributed by atoms with E-state index in [1.54, 1.807) is 22.9 Å². The molecule has 0 atom stereocenters. The number of para-hydroxylation sites is 1. The molecule has 9 heteroatoms. The van der Waals surface area contributed by atoms with Crippen molar-refractivity contribution in [3.05, 3.63) is 121 Å². The topological polar surface area (TPSA) is 91.4 Å². The molecular weight excluding hydrogens is 510 g/mol. The number of aromatic nitrogens is 5. The van der Waals surface area contributed by atoms with Crippen LogP contribution in [0.25, 0.3) is 39.2 Å². The molecule has 0 aliphatic heterocycles. The number of nitrogens with zero attached hydrogens (tertiary/aromatic N) is 5. The Morgan fingerprint density at radius 1 is 0.897 bits per heavy atom. The van der Waals surface area contributed by atoms with E-state index in [0.29, 0.717) is 22.4 Å². The minimum atomic E-state index is -0.476. The second kappa shape index (κ2) is 10.1. The Kier molecular flexibility index (Phi) is 6.34. The van der Waals surface area contributed by atoms with Crippen LogP contribution < -0.4 is 20.4 Å². The first-order valence-corrected chi connectivity index (χ1v) is 13.2. The number of benzene rings is 3. The maximum Gasteiger partial charge on any atom is 0.300 e. The molecule has 6 rings (SSSR count). The molecule has 6 aromatic rings. The molecule has 0 N–H and O–H groups in total. The van der Waals surface area contributed by atoms with Crippen LogP contribution in [0.2, 0.25) is 0 Å². The Morgan fingerprint density at radius 3 is 2.36 bits per heavy atom. The number of rotatable bonds is 6. The third kappa shape index (κ3) is 4.64. The lowest BCUT2D eigenvalue weighted by Crippen LogP contribution is -2.26. The molecular formula is C30H23N5O3S. The smallest absolute Gasteiger partial charge is 0.300 e. The molecule has 3 heterocycles. The Balaban J connectivity index is 1.53. The predicted octanol–water partition coefficient (Wildman–Crippen LogP) is 4.29. The molecule has 0 amide bonds. The SMILES string of the molecule is CCOc1ccc(-c2nn(-c3ccccc3)cc2/C=c2/sc3nc(=O)c(-c4ccccc4)nn3c2=O)cc1C. The van der Waals surface area contributed by atoms with Gasteiger partial charge in [-0.2, -0.15) is 19.7 Å². The number of hydrogen-bond donors (Lipinski definition) is 0. The Bertz CT molecular complexity index is 1980. The molecule has 0 saturated carbocycles. The van der Waals surface area contributed by atoms with Crippen LogP contribution in [-0.4, -0.2) is 31.0 Å². The van der Waals surface area contributed by atoms with Crippen LogP contribution in [0.15, 0.2) is 94.6 Å². The van der Waals surface area contributed by atoms with Crippen molar-refractivity contribution in [2.75, 3.05) is 6.61 Å². The quantitative estimate of drug-likeness (QED) is 0.317. The van der Waals surface area contributed by atoms with Crippen molar-refractivity contribution in [2.45, 2.75) is 13.8 Å². The monoisotopic (exact) mass is 533 g/mol. The van der Waals surface area contributed by atoms with Gasteiger partial charge in [0, 0.05) is 22.9 Å². The van der Waals surface area contributed by atoms with Crippen LogP contribution in [0.5, 0.6) is 5.75 Å². The van der Waals surface area contributed by atoms with Crippen molar-refractivity contribution >= 4 is 22.4 Å². The number of hydrogen-bond acceptors (Lipinski definition) is 7. The molecule has 0 bridgehead atoms. The third-order valence-corrected chi connectivity index (χ3v) is 7.19. The van der Waals surface area contributed by atoms with E-state index in [1.165, 1.54) is 4.52 Å². The van der Waals surface area contributed by atoms with Crippen LogP contribution >= 0.6 is 11.3 Å². The molecule has 3 aromatic heterocycles. The van der Waals surface area contributed by atoms with Gasteiger partial charge >= 0.3 is 5.56 Å². The van der Waals surface area contributed by atoms with E-state index in [4.69, 9.17) is 9.84 Å². The van der Waals surface area contributed by atoms with Gasteiger partial charge in [-0.3, -0.25) is 9.59 Å². The van der Waals surface area contributed by atoms with Gasteiger partial charge in [-0.1, -0.05) is 59.9 Å². The minimum absolute atomic E-state index is 0.136. The number of aryl methyl sites for hydroxylation is 1. The van der Waals surface area contributed by atoms with Crippen molar-refractivity contribution in [2.24, 2.45) is 0 Å². The fraction of sp³-hybridized carbons (Fsp3) is 0.100. The van der Waals surface area contributed by atoms with Crippen LogP contribution in [0.3, 0.4) is 0 Å². The molecule has 8 nitrogen and oxygen atoms in total. The molecule has 0 aliphatic carbocycles. The van der Waals surface area contributed by atoms with Gasteiger partial charge in [-0.25, -0.2) is 4.68 Å². The van der Waals surface area contributed by atoms with Crippen molar-refractivity contribution in [3.63, 3.8) is 0 Å². The van der Waals surface area contributed by atoms with Crippen LogP contribution in [0, 0.1) is 6.92 Å². The summed E-state index contributed by atoms with van der Waals surface area (Å²) in [5.41, 5.74) is 4.15. The maximum absolute atomic E-state index is 13.4. The van der Waals surface area contributed by atoms with E-state index in [1.807, 2.05) is 86.8 Å². The molecule has 0 fully saturated rings. The lowest BCUT2D eigenvalue weighted by atomic mass is 10.0. The van der Waals surface area contributed by atoms with Gasteiger partial charge in [0.1, 0.15) is 11.4 Å². The molecule has 39 heavy (non-hydrogen) atoms. The second-order valence-electron chi connectivity index (χ2n) is 8.87. The summed E-state index contributed by atoms with van der Waals surface area (Å²) in [6, 6.07) is 24.7. The standard InChI is InChI=1S/C30H23N5O3S/c1-3-38-24-15-14-21(16-19(24)2)26-22(18-34(32-26)23-12-8-5-9-13-23)17-25-29(37)35-30(39-25)31-28(36)27(33-35)20-10-6-4-7-11-20/h4-18H,3H2,1-2H3/b25-17+. The highest BCUT2D eigenvalue weighted by Gasteiger charge is 2.16. The first-order valence-electron chi connectivity index (χ1n) is 12.4. The van der Waals surface area contributed by atoms with E-state index in [0.717, 1.165) is 39.5 Å². The fourth-order valence-corrected chi connectivity index (χ4v) is 5.27. The van der Waals surface area contributed by atoms with Gasteiger partial charge in [-0.15, -0.1) is 0 Å². The number of fused-ring (bicyclic) bond motifs is 1. The zero-order valence-corrected chi connectivity index (χ0v) is 22.1. The van der Waals surface area contributed by atoms with Gasteiger partial charge in [-0.05, 0) is 55.8 Å². The van der Waals surface area contributed by atoms with E-state index >= 15 is 0 Å². The molecule has 0 aliphatic rings. The summed E-state index contributed by atoms with van der Waals surface area (Å²) < 4.78 is 9.10. The minimum Gasteiger partial charge on any atom is -0.494 e. The van der Waals surface area contributed by atoms with Crippen LogP contribution in [-0.2, 0) is 0 Å².